The van der Waals surface area contributed by atoms with Crippen molar-refractivity contribution < 1.29 is 0 Å². The first-order chi connectivity index (χ1) is 8.65. The van der Waals surface area contributed by atoms with E-state index in [1.165, 1.54) is 10.4 Å². The molecule has 0 saturated heterocycles. The van der Waals surface area contributed by atoms with Crippen LogP contribution in [0.4, 0.5) is 10.8 Å². The van der Waals surface area contributed by atoms with Gasteiger partial charge in [0, 0.05) is 24.2 Å². The second-order valence-electron chi connectivity index (χ2n) is 4.32. The lowest BCUT2D eigenvalue weighted by atomic mass is 10.2. The van der Waals surface area contributed by atoms with E-state index in [4.69, 9.17) is 5.73 Å². The molecule has 0 radical (unpaired) electrons. The van der Waals surface area contributed by atoms with Crippen molar-refractivity contribution >= 4 is 22.2 Å². The molecule has 0 fully saturated rings. The fourth-order valence-corrected chi connectivity index (χ4v) is 2.91. The third kappa shape index (κ3) is 2.54. The molecule has 18 heavy (non-hydrogen) atoms. The molecule has 0 atom stereocenters. The number of nitrogens with zero attached hydrogens (tertiary/aromatic N) is 2. The largest absolute Gasteiger partial charge is 0.326 e. The first-order valence-corrected chi connectivity index (χ1v) is 6.96. The molecule has 0 spiro atoms. The minimum Gasteiger partial charge on any atom is -0.326 e. The van der Waals surface area contributed by atoms with Crippen molar-refractivity contribution in [3.63, 3.8) is 0 Å². The molecular weight excluding hydrogens is 242 g/mol. The van der Waals surface area contributed by atoms with Crippen molar-refractivity contribution in [3.8, 4) is 0 Å². The zero-order valence-electron chi connectivity index (χ0n) is 11.1. The molecular formula is C14H19N3S. The highest BCUT2D eigenvalue weighted by atomic mass is 32.1. The quantitative estimate of drug-likeness (QED) is 0.918. The number of anilines is 2. The van der Waals surface area contributed by atoms with Gasteiger partial charge in [-0.05, 0) is 31.0 Å². The average Bonchev–Trinajstić information content (AvgIpc) is 2.81. The second kappa shape index (κ2) is 5.50. The van der Waals surface area contributed by atoms with E-state index in [1.807, 2.05) is 7.05 Å². The van der Waals surface area contributed by atoms with E-state index in [0.29, 0.717) is 6.54 Å². The van der Waals surface area contributed by atoms with Gasteiger partial charge in [-0.1, -0.05) is 30.4 Å². The van der Waals surface area contributed by atoms with Gasteiger partial charge in [-0.3, -0.25) is 0 Å². The van der Waals surface area contributed by atoms with Gasteiger partial charge in [0.2, 0.25) is 0 Å². The Bertz CT molecular complexity index is 512. The van der Waals surface area contributed by atoms with Crippen molar-refractivity contribution in [3.05, 3.63) is 40.4 Å². The summed E-state index contributed by atoms with van der Waals surface area (Å²) in [5, 5.41) is 1.01. The third-order valence-electron chi connectivity index (χ3n) is 2.96. The Morgan fingerprint density at radius 1 is 1.39 bits per heavy atom. The summed E-state index contributed by atoms with van der Waals surface area (Å²) in [6.45, 7) is 4.79. The summed E-state index contributed by atoms with van der Waals surface area (Å²) < 4.78 is 0. The molecule has 0 amide bonds. The molecule has 0 unspecified atom stereocenters. The third-order valence-corrected chi connectivity index (χ3v) is 4.16. The van der Waals surface area contributed by atoms with Crippen LogP contribution in [0.3, 0.4) is 0 Å². The number of aromatic nitrogens is 1. The number of benzene rings is 1. The van der Waals surface area contributed by atoms with Crippen LogP contribution < -0.4 is 10.6 Å². The summed E-state index contributed by atoms with van der Waals surface area (Å²) >= 11 is 1.68. The predicted octanol–water partition coefficient (Wildman–Crippen LogP) is 3.24. The van der Waals surface area contributed by atoms with E-state index < -0.39 is 0 Å². The molecule has 2 N–H and O–H groups in total. The van der Waals surface area contributed by atoms with E-state index >= 15 is 0 Å². The molecule has 4 heteroatoms. The number of hydrogen-bond acceptors (Lipinski definition) is 4. The Morgan fingerprint density at radius 3 is 2.72 bits per heavy atom. The lowest BCUT2D eigenvalue weighted by Crippen LogP contribution is -2.09. The van der Waals surface area contributed by atoms with E-state index in [9.17, 15) is 0 Å². The van der Waals surface area contributed by atoms with Crippen molar-refractivity contribution in [2.45, 2.75) is 26.8 Å². The molecule has 96 valence electrons. The van der Waals surface area contributed by atoms with E-state index in [-0.39, 0.29) is 0 Å². The second-order valence-corrected chi connectivity index (χ2v) is 5.38. The molecule has 1 aromatic carbocycles. The van der Waals surface area contributed by atoms with Crippen LogP contribution in [0.5, 0.6) is 0 Å². The molecule has 0 saturated carbocycles. The Hall–Kier alpha value is -1.39. The Balaban J connectivity index is 2.33. The Morgan fingerprint density at radius 2 is 2.17 bits per heavy atom. The van der Waals surface area contributed by atoms with Crippen LogP contribution in [0.25, 0.3) is 0 Å². The van der Waals surface area contributed by atoms with E-state index in [1.54, 1.807) is 11.3 Å². The van der Waals surface area contributed by atoms with Gasteiger partial charge in [-0.15, -0.1) is 0 Å². The first kappa shape index (κ1) is 13.1. The maximum Gasteiger partial charge on any atom is 0.190 e. The number of nitrogens with two attached hydrogens (primary N) is 1. The maximum absolute atomic E-state index is 5.75. The van der Waals surface area contributed by atoms with Crippen LogP contribution in [0.2, 0.25) is 0 Å². The molecule has 2 aromatic rings. The Labute approximate surface area is 112 Å². The summed E-state index contributed by atoms with van der Waals surface area (Å²) in [5.74, 6) is 0. The molecule has 2 rings (SSSR count). The lowest BCUT2D eigenvalue weighted by molar-refractivity contribution is 0.981. The van der Waals surface area contributed by atoms with Gasteiger partial charge >= 0.3 is 0 Å². The minimum atomic E-state index is 0.572. The van der Waals surface area contributed by atoms with Crippen LogP contribution in [-0.4, -0.2) is 12.0 Å². The average molecular weight is 261 g/mol. The number of thiazole rings is 1. The van der Waals surface area contributed by atoms with Crippen LogP contribution >= 0.6 is 11.3 Å². The lowest BCUT2D eigenvalue weighted by Gasteiger charge is -2.16. The van der Waals surface area contributed by atoms with E-state index in [0.717, 1.165) is 22.9 Å². The van der Waals surface area contributed by atoms with Crippen molar-refractivity contribution in [2.75, 3.05) is 11.9 Å². The fraction of sp³-hybridized carbons (Fsp3) is 0.357. The number of aryl methyl sites for hydroxylation is 2. The topological polar surface area (TPSA) is 42.2 Å². The summed E-state index contributed by atoms with van der Waals surface area (Å²) in [7, 11) is 2.05. The number of hydrogen-bond donors (Lipinski definition) is 1. The van der Waals surface area contributed by atoms with Crippen molar-refractivity contribution in [1.29, 1.82) is 0 Å². The standard InChI is InChI=1S/C14H19N3S/c1-4-12-13(9-15)18-14(16-12)17(3)11-7-5-6-10(2)8-11/h5-8H,4,9,15H2,1-3H3. The van der Waals surface area contributed by atoms with E-state index in [2.05, 4.69) is 48.0 Å². The molecule has 0 bridgehead atoms. The SMILES string of the molecule is CCc1nc(N(C)c2cccc(C)c2)sc1CN. The fourth-order valence-electron chi connectivity index (χ4n) is 1.90. The first-order valence-electron chi connectivity index (χ1n) is 6.14. The van der Waals surface area contributed by atoms with Gasteiger partial charge in [-0.2, -0.15) is 0 Å². The molecule has 0 aliphatic carbocycles. The van der Waals surface area contributed by atoms with Crippen molar-refractivity contribution in [1.82, 2.24) is 4.98 Å². The highest BCUT2D eigenvalue weighted by Crippen LogP contribution is 2.30. The van der Waals surface area contributed by atoms with Gasteiger partial charge in [0.1, 0.15) is 0 Å². The summed E-state index contributed by atoms with van der Waals surface area (Å²) in [4.78, 5) is 7.98. The summed E-state index contributed by atoms with van der Waals surface area (Å²) in [5.41, 5.74) is 9.29. The van der Waals surface area contributed by atoms with Gasteiger partial charge in [0.05, 0.1) is 5.69 Å². The maximum atomic E-state index is 5.75. The van der Waals surface area contributed by atoms with Gasteiger partial charge < -0.3 is 10.6 Å². The Kier molecular flexibility index (Phi) is 3.99. The molecule has 3 nitrogen and oxygen atoms in total. The van der Waals surface area contributed by atoms with Crippen LogP contribution in [0.15, 0.2) is 24.3 Å². The van der Waals surface area contributed by atoms with Gasteiger partial charge in [-0.25, -0.2) is 4.98 Å². The van der Waals surface area contributed by atoms with Gasteiger partial charge in [0.15, 0.2) is 5.13 Å². The highest BCUT2D eigenvalue weighted by Gasteiger charge is 2.13. The normalized spacial score (nSPS) is 10.7. The minimum absolute atomic E-state index is 0.572. The zero-order chi connectivity index (χ0) is 13.1. The van der Waals surface area contributed by atoms with Crippen molar-refractivity contribution in [2.24, 2.45) is 5.73 Å². The van der Waals surface area contributed by atoms with Gasteiger partial charge in [0.25, 0.3) is 0 Å². The molecule has 1 aromatic heterocycles. The molecule has 0 aliphatic heterocycles. The summed E-state index contributed by atoms with van der Waals surface area (Å²) in [6.07, 6.45) is 0.935. The highest BCUT2D eigenvalue weighted by molar-refractivity contribution is 7.15. The molecule has 1 heterocycles. The smallest absolute Gasteiger partial charge is 0.190 e. The van der Waals surface area contributed by atoms with Crippen LogP contribution in [-0.2, 0) is 13.0 Å². The molecule has 0 aliphatic rings. The zero-order valence-corrected chi connectivity index (χ0v) is 11.9. The number of rotatable bonds is 4. The summed E-state index contributed by atoms with van der Waals surface area (Å²) in [6, 6.07) is 8.43. The monoisotopic (exact) mass is 261 g/mol. The van der Waals surface area contributed by atoms with Crippen LogP contribution in [0.1, 0.15) is 23.1 Å². The predicted molar refractivity (Wildman–Crippen MR) is 78.6 cm³/mol. The van der Waals surface area contributed by atoms with Crippen LogP contribution in [0, 0.1) is 6.92 Å².